The van der Waals surface area contributed by atoms with Crippen molar-refractivity contribution in [2.45, 2.75) is 6.10 Å². The van der Waals surface area contributed by atoms with E-state index in [2.05, 4.69) is 0 Å². The predicted molar refractivity (Wildman–Crippen MR) is 71.5 cm³/mol. The fourth-order valence-corrected chi connectivity index (χ4v) is 1.48. The summed E-state index contributed by atoms with van der Waals surface area (Å²) in [5.74, 6) is 0.767. The number of methoxy groups -OCH3 is 2. The summed E-state index contributed by atoms with van der Waals surface area (Å²) in [7, 11) is 3.24. The van der Waals surface area contributed by atoms with Crippen LogP contribution >= 0.6 is 0 Å². The topological polar surface area (TPSA) is 57.2 Å². The van der Waals surface area contributed by atoms with Crippen LogP contribution in [-0.2, 0) is 14.2 Å². The van der Waals surface area contributed by atoms with E-state index in [4.69, 9.17) is 18.9 Å². The summed E-state index contributed by atoms with van der Waals surface area (Å²) in [5.41, 5.74) is 0.807. The summed E-state index contributed by atoms with van der Waals surface area (Å²) in [6.45, 7) is 2.34. The first-order valence-electron chi connectivity index (χ1n) is 6.24. The van der Waals surface area contributed by atoms with Crippen molar-refractivity contribution < 1.29 is 24.1 Å². The molecular weight excluding hydrogens is 248 g/mol. The second-order valence-electron chi connectivity index (χ2n) is 3.97. The highest BCUT2D eigenvalue weighted by molar-refractivity contribution is 5.28. The largest absolute Gasteiger partial charge is 0.497 e. The molecule has 0 saturated heterocycles. The maximum Gasteiger partial charge on any atom is 0.118 e. The summed E-state index contributed by atoms with van der Waals surface area (Å²) in [4.78, 5) is 0. The molecule has 0 spiro atoms. The Labute approximate surface area is 114 Å². The molecule has 1 aromatic rings. The Hall–Kier alpha value is -1.14. The number of benzene rings is 1. The molecule has 0 radical (unpaired) electrons. The second kappa shape index (κ2) is 9.75. The maximum atomic E-state index is 9.90. The van der Waals surface area contributed by atoms with Gasteiger partial charge in [0.25, 0.3) is 0 Å². The third kappa shape index (κ3) is 6.54. The smallest absolute Gasteiger partial charge is 0.118 e. The van der Waals surface area contributed by atoms with Gasteiger partial charge in [-0.2, -0.15) is 0 Å². The van der Waals surface area contributed by atoms with Gasteiger partial charge in [0.1, 0.15) is 11.9 Å². The molecule has 0 saturated carbocycles. The maximum absolute atomic E-state index is 9.90. The van der Waals surface area contributed by atoms with E-state index in [-0.39, 0.29) is 6.61 Å². The van der Waals surface area contributed by atoms with Crippen LogP contribution in [0.3, 0.4) is 0 Å². The molecule has 0 aliphatic heterocycles. The van der Waals surface area contributed by atoms with Gasteiger partial charge < -0.3 is 24.1 Å². The van der Waals surface area contributed by atoms with E-state index < -0.39 is 6.10 Å². The summed E-state index contributed by atoms with van der Waals surface area (Å²) in [6.07, 6.45) is -0.634. The predicted octanol–water partition coefficient (Wildman–Crippen LogP) is 1.41. The quantitative estimate of drug-likeness (QED) is 0.651. The zero-order valence-corrected chi connectivity index (χ0v) is 11.5. The van der Waals surface area contributed by atoms with Crippen LogP contribution in [0.4, 0.5) is 0 Å². The van der Waals surface area contributed by atoms with Crippen LogP contribution in [0.25, 0.3) is 0 Å². The highest BCUT2D eigenvalue weighted by Crippen LogP contribution is 2.17. The van der Waals surface area contributed by atoms with Crippen molar-refractivity contribution in [1.29, 1.82) is 0 Å². The molecule has 0 bridgehead atoms. The van der Waals surface area contributed by atoms with E-state index in [0.29, 0.717) is 26.4 Å². The molecule has 0 aliphatic carbocycles. The third-order valence-corrected chi connectivity index (χ3v) is 2.58. The van der Waals surface area contributed by atoms with Gasteiger partial charge in [-0.25, -0.2) is 0 Å². The fraction of sp³-hybridized carbons (Fsp3) is 0.571. The average molecular weight is 270 g/mol. The molecule has 1 aromatic carbocycles. The van der Waals surface area contributed by atoms with E-state index in [1.54, 1.807) is 14.2 Å². The Morgan fingerprint density at radius 2 is 1.58 bits per heavy atom. The number of hydrogen-bond acceptors (Lipinski definition) is 5. The van der Waals surface area contributed by atoms with Crippen LogP contribution in [0.5, 0.6) is 5.75 Å². The standard InChI is InChI=1S/C14H22O5/c1-16-7-8-18-9-10-19-11-14(15)12-3-5-13(17-2)6-4-12/h3-6,14-15H,7-11H2,1-2H3. The zero-order chi connectivity index (χ0) is 13.9. The molecule has 0 aliphatic rings. The van der Waals surface area contributed by atoms with E-state index in [9.17, 15) is 5.11 Å². The number of aliphatic hydroxyl groups is 1. The Morgan fingerprint density at radius 1 is 0.947 bits per heavy atom. The van der Waals surface area contributed by atoms with Crippen LogP contribution in [0, 0.1) is 0 Å². The molecule has 0 fully saturated rings. The van der Waals surface area contributed by atoms with Crippen molar-refractivity contribution in [2.24, 2.45) is 0 Å². The average Bonchev–Trinajstić information content (AvgIpc) is 2.46. The lowest BCUT2D eigenvalue weighted by atomic mass is 10.1. The fourth-order valence-electron chi connectivity index (χ4n) is 1.48. The molecule has 0 heterocycles. The van der Waals surface area contributed by atoms with Gasteiger partial charge in [0.05, 0.1) is 40.1 Å². The zero-order valence-electron chi connectivity index (χ0n) is 11.5. The minimum atomic E-state index is -0.634. The van der Waals surface area contributed by atoms with E-state index in [1.807, 2.05) is 24.3 Å². The molecule has 19 heavy (non-hydrogen) atoms. The summed E-state index contributed by atoms with van der Waals surface area (Å²) in [6, 6.07) is 7.27. The van der Waals surface area contributed by atoms with Crippen molar-refractivity contribution in [3.8, 4) is 5.75 Å². The summed E-state index contributed by atoms with van der Waals surface area (Å²) in [5, 5.41) is 9.90. The Kier molecular flexibility index (Phi) is 8.16. The Morgan fingerprint density at radius 3 is 2.21 bits per heavy atom. The van der Waals surface area contributed by atoms with Crippen LogP contribution in [0.2, 0.25) is 0 Å². The van der Waals surface area contributed by atoms with Crippen molar-refractivity contribution in [2.75, 3.05) is 47.3 Å². The van der Waals surface area contributed by atoms with E-state index in [1.165, 1.54) is 0 Å². The summed E-state index contributed by atoms with van der Waals surface area (Å²) >= 11 is 0. The number of hydrogen-bond donors (Lipinski definition) is 1. The number of ether oxygens (including phenoxy) is 4. The first kappa shape index (κ1) is 15.9. The molecule has 0 amide bonds. The summed E-state index contributed by atoms with van der Waals surface area (Å²) < 4.78 is 20.5. The molecular formula is C14H22O5. The van der Waals surface area contributed by atoms with Crippen LogP contribution in [0.1, 0.15) is 11.7 Å². The van der Waals surface area contributed by atoms with Crippen molar-refractivity contribution in [3.05, 3.63) is 29.8 Å². The van der Waals surface area contributed by atoms with Gasteiger partial charge in [0.2, 0.25) is 0 Å². The Bertz CT molecular complexity index is 325. The SMILES string of the molecule is COCCOCCOCC(O)c1ccc(OC)cc1. The number of rotatable bonds is 10. The van der Waals surface area contributed by atoms with Crippen LogP contribution < -0.4 is 4.74 Å². The van der Waals surface area contributed by atoms with Gasteiger partial charge in [0, 0.05) is 7.11 Å². The minimum absolute atomic E-state index is 0.250. The van der Waals surface area contributed by atoms with Gasteiger partial charge in [-0.15, -0.1) is 0 Å². The molecule has 5 nitrogen and oxygen atoms in total. The van der Waals surface area contributed by atoms with Crippen LogP contribution in [-0.4, -0.2) is 52.4 Å². The lowest BCUT2D eigenvalue weighted by molar-refractivity contribution is -0.00591. The second-order valence-corrected chi connectivity index (χ2v) is 3.97. The normalized spacial score (nSPS) is 12.4. The van der Waals surface area contributed by atoms with E-state index >= 15 is 0 Å². The van der Waals surface area contributed by atoms with Crippen molar-refractivity contribution >= 4 is 0 Å². The molecule has 1 atom stereocenters. The lowest BCUT2D eigenvalue weighted by Gasteiger charge is -2.12. The van der Waals surface area contributed by atoms with Gasteiger partial charge in [-0.1, -0.05) is 12.1 Å². The molecule has 108 valence electrons. The Balaban J connectivity index is 2.14. The molecule has 1 unspecified atom stereocenters. The van der Waals surface area contributed by atoms with Crippen molar-refractivity contribution in [3.63, 3.8) is 0 Å². The van der Waals surface area contributed by atoms with Crippen molar-refractivity contribution in [1.82, 2.24) is 0 Å². The van der Waals surface area contributed by atoms with Gasteiger partial charge in [-0.05, 0) is 17.7 Å². The highest BCUT2D eigenvalue weighted by atomic mass is 16.5. The molecule has 5 heteroatoms. The molecule has 1 rings (SSSR count). The first-order chi connectivity index (χ1) is 9.27. The minimum Gasteiger partial charge on any atom is -0.497 e. The van der Waals surface area contributed by atoms with Gasteiger partial charge in [0.15, 0.2) is 0 Å². The number of aliphatic hydroxyl groups excluding tert-OH is 1. The molecule has 0 aromatic heterocycles. The van der Waals surface area contributed by atoms with Gasteiger partial charge in [-0.3, -0.25) is 0 Å². The highest BCUT2D eigenvalue weighted by Gasteiger charge is 2.07. The lowest BCUT2D eigenvalue weighted by Crippen LogP contribution is -2.12. The van der Waals surface area contributed by atoms with Crippen LogP contribution in [0.15, 0.2) is 24.3 Å². The first-order valence-corrected chi connectivity index (χ1v) is 6.24. The van der Waals surface area contributed by atoms with E-state index in [0.717, 1.165) is 11.3 Å². The monoisotopic (exact) mass is 270 g/mol. The van der Waals surface area contributed by atoms with Gasteiger partial charge >= 0.3 is 0 Å². The molecule has 1 N–H and O–H groups in total. The third-order valence-electron chi connectivity index (χ3n) is 2.58.